The van der Waals surface area contributed by atoms with Gasteiger partial charge in [-0.2, -0.15) is 6.42 Å². The Labute approximate surface area is 56.7 Å². The van der Waals surface area contributed by atoms with Crippen molar-refractivity contribution in [1.29, 1.82) is 0 Å². The van der Waals surface area contributed by atoms with Crippen LogP contribution in [0.25, 0.3) is 0 Å². The van der Waals surface area contributed by atoms with Gasteiger partial charge in [-0.25, -0.2) is 0 Å². The fourth-order valence-corrected chi connectivity index (χ4v) is 0. The average Bonchev–Trinajstić information content (AvgIpc) is 1.78. The van der Waals surface area contributed by atoms with Crippen LogP contribution in [0.4, 0.5) is 0 Å². The van der Waals surface area contributed by atoms with Gasteiger partial charge in [0.15, 0.2) is 0 Å². The van der Waals surface area contributed by atoms with Crippen molar-refractivity contribution in [3.05, 3.63) is 6.92 Å². The van der Waals surface area contributed by atoms with Gasteiger partial charge >= 0.3 is 23.7 Å². The molecule has 0 spiro atoms. The molecule has 0 radical (unpaired) electrons. The van der Waals surface area contributed by atoms with E-state index in [1.807, 2.05) is 6.92 Å². The van der Waals surface area contributed by atoms with Gasteiger partial charge in [0.1, 0.15) is 0 Å². The Bertz CT molecular complexity index is 13.7. The van der Waals surface area contributed by atoms with Crippen molar-refractivity contribution < 1.29 is 28.8 Å². The van der Waals surface area contributed by atoms with Crippen LogP contribution in [-0.4, -0.2) is 12.2 Å². The Hall–Kier alpha value is 0.474. The van der Waals surface area contributed by atoms with Crippen LogP contribution in [0.2, 0.25) is 0 Å². The zero-order valence-electron chi connectivity index (χ0n) is 4.77. The molecule has 0 aromatic carbocycles. The molecule has 43 valence electrons. The molecule has 0 saturated carbocycles. The summed E-state index contributed by atoms with van der Waals surface area (Å²) in [5, 5.41) is 7.00. The molecule has 0 bridgehead atoms. The third kappa shape index (κ3) is 576. The predicted octanol–water partition coefficient (Wildman–Crippen LogP) is 0.718. The summed E-state index contributed by atoms with van der Waals surface area (Å²) in [7, 11) is 1.00. The van der Waals surface area contributed by atoms with Gasteiger partial charge in [0.05, 0.1) is 0 Å². The van der Waals surface area contributed by atoms with Gasteiger partial charge in [-0.3, -0.25) is 0 Å². The molecule has 0 fully saturated rings. The Morgan fingerprint density at radius 2 is 1.57 bits per heavy atom. The van der Waals surface area contributed by atoms with Gasteiger partial charge < -0.3 is 12.0 Å². The Morgan fingerprint density at radius 3 is 1.57 bits per heavy atom. The third-order valence-electron chi connectivity index (χ3n) is 0. The van der Waals surface area contributed by atoms with Gasteiger partial charge in [-0.1, -0.05) is 6.92 Å². The minimum absolute atomic E-state index is 0.750. The summed E-state index contributed by atoms with van der Waals surface area (Å²) in [5.41, 5.74) is 0. The third-order valence-corrected chi connectivity index (χ3v) is 0. The molecule has 0 rings (SSSR count). The van der Waals surface area contributed by atoms with Crippen molar-refractivity contribution >= 4 is 0 Å². The van der Waals surface area contributed by atoms with E-state index in [1.165, 1.54) is 0 Å². The normalized spacial score (nSPS) is 4.29. The van der Waals surface area contributed by atoms with Crippen LogP contribution in [0.1, 0.15) is 13.3 Å². The van der Waals surface area contributed by atoms with Crippen molar-refractivity contribution in [3.63, 3.8) is 0 Å². The van der Waals surface area contributed by atoms with Crippen molar-refractivity contribution in [2.45, 2.75) is 13.3 Å². The zero-order chi connectivity index (χ0) is 6.71. The fraction of sp³-hybridized carbons (Fsp3) is 0.750. The first-order valence-corrected chi connectivity index (χ1v) is 2.50. The molecule has 1 N–H and O–H groups in total. The average molecular weight is 139 g/mol. The Morgan fingerprint density at radius 1 is 1.57 bits per heavy atom. The summed E-state index contributed by atoms with van der Waals surface area (Å²) in [6.07, 6.45) is 1.00. The molecule has 3 heteroatoms. The predicted molar refractivity (Wildman–Crippen MR) is 24.5 cm³/mol. The molecule has 0 unspecified atom stereocenters. The topological polar surface area (TPSA) is 37.3 Å². The number of aliphatic hydroxyl groups excluding tert-OH is 1. The number of rotatable bonds is 0. The zero-order valence-corrected chi connectivity index (χ0v) is 6.33. The number of hydrogen-bond acceptors (Lipinski definition) is 2. The molecular weight excluding hydrogens is 128 g/mol. The van der Waals surface area contributed by atoms with E-state index in [1.54, 1.807) is 0 Å². The Kier molecular flexibility index (Phi) is 200. The molecule has 0 aromatic heterocycles. The van der Waals surface area contributed by atoms with E-state index < -0.39 is 0 Å². The summed E-state index contributed by atoms with van der Waals surface area (Å²) in [6.45, 7) is 5.50. The minimum atomic E-state index is 0.750. The monoisotopic (exact) mass is 139 g/mol. The van der Waals surface area contributed by atoms with E-state index in [4.69, 9.17) is 8.43 Å². The summed E-state index contributed by atoms with van der Waals surface area (Å²) < 4.78 is 8.25. The van der Waals surface area contributed by atoms with Crippen LogP contribution in [0, 0.1) is 6.92 Å². The second-order valence-electron chi connectivity index (χ2n) is 0.500. The van der Waals surface area contributed by atoms with E-state index >= 15 is 0 Å². The molecular formula is C4H11O2Ti. The first-order chi connectivity index (χ1) is 3.41. The number of hydrogen-bond donors (Lipinski definition) is 1. The second kappa shape index (κ2) is 89.3. The van der Waals surface area contributed by atoms with Crippen molar-refractivity contribution in [3.8, 4) is 0 Å². The summed E-state index contributed by atoms with van der Waals surface area (Å²) in [6, 6.07) is 0. The van der Waals surface area contributed by atoms with Gasteiger partial charge in [0.2, 0.25) is 0 Å². The van der Waals surface area contributed by atoms with Crippen LogP contribution in [0.5, 0.6) is 0 Å². The van der Waals surface area contributed by atoms with Crippen molar-refractivity contribution in [1.82, 2.24) is 0 Å². The van der Waals surface area contributed by atoms with Crippen LogP contribution in [0.15, 0.2) is 0 Å². The standard InChI is InChI=1S/C3H7.CH4O.O.Ti/c1-3-2;1-2;;/h1,3H2,2H3;2H,1H3;;/q-1;;;+1. The molecule has 0 heterocycles. The van der Waals surface area contributed by atoms with Gasteiger partial charge in [-0.15, -0.1) is 0 Å². The van der Waals surface area contributed by atoms with Gasteiger partial charge in [0, 0.05) is 7.11 Å². The second-order valence-corrected chi connectivity index (χ2v) is 0.500. The molecule has 0 aliphatic rings. The van der Waals surface area contributed by atoms with E-state index in [2.05, 4.69) is 6.92 Å². The van der Waals surface area contributed by atoms with Crippen LogP contribution in [0.3, 0.4) is 0 Å². The molecule has 0 atom stereocenters. The van der Waals surface area contributed by atoms with Crippen LogP contribution < -0.4 is 0 Å². The van der Waals surface area contributed by atoms with Crippen LogP contribution in [-0.2, 0) is 23.7 Å². The van der Waals surface area contributed by atoms with Crippen molar-refractivity contribution in [2.75, 3.05) is 7.11 Å². The van der Waals surface area contributed by atoms with E-state index in [0.29, 0.717) is 0 Å². The quantitative estimate of drug-likeness (QED) is 0.396. The summed E-state index contributed by atoms with van der Waals surface area (Å²) >= 11 is 0.750. The van der Waals surface area contributed by atoms with E-state index in [0.717, 1.165) is 33.9 Å². The summed E-state index contributed by atoms with van der Waals surface area (Å²) in [5.74, 6) is 0. The maximum atomic E-state index is 8.25. The van der Waals surface area contributed by atoms with Crippen LogP contribution >= 0.6 is 0 Å². The molecule has 0 aliphatic heterocycles. The first-order valence-electron chi connectivity index (χ1n) is 1.86. The molecule has 0 saturated heterocycles. The molecule has 7 heavy (non-hydrogen) atoms. The SMILES string of the molecule is CO.[CH2-]CC.[O]=[Ti+]. The van der Waals surface area contributed by atoms with E-state index in [-0.39, 0.29) is 0 Å². The van der Waals surface area contributed by atoms with Crippen molar-refractivity contribution in [2.24, 2.45) is 0 Å². The first kappa shape index (κ1) is 15.6. The molecule has 2 nitrogen and oxygen atoms in total. The molecule has 0 amide bonds. The maximum absolute atomic E-state index is 8.25. The number of aliphatic hydroxyl groups is 1. The summed E-state index contributed by atoms with van der Waals surface area (Å²) in [4.78, 5) is 0. The van der Waals surface area contributed by atoms with Gasteiger partial charge in [0.25, 0.3) is 0 Å². The molecule has 0 aliphatic carbocycles. The van der Waals surface area contributed by atoms with Gasteiger partial charge in [-0.05, 0) is 0 Å². The molecule has 0 aromatic rings. The fourth-order valence-electron chi connectivity index (χ4n) is 0. The van der Waals surface area contributed by atoms with E-state index in [9.17, 15) is 0 Å². The Balaban J connectivity index is -0.0000000360.